The van der Waals surface area contributed by atoms with Gasteiger partial charge in [0, 0.05) is 12.1 Å². The van der Waals surface area contributed by atoms with Gasteiger partial charge < -0.3 is 14.8 Å². The number of hydrogen-bond donors (Lipinski definition) is 1. The first-order valence-electron chi connectivity index (χ1n) is 8.20. The summed E-state index contributed by atoms with van der Waals surface area (Å²) in [6.07, 6.45) is 0.928. The van der Waals surface area contributed by atoms with E-state index in [1.807, 2.05) is 24.3 Å². The first-order chi connectivity index (χ1) is 11.8. The van der Waals surface area contributed by atoms with Crippen molar-refractivity contribution >= 4 is 23.2 Å². The molecule has 0 aliphatic rings. The largest absolute Gasteiger partial charge is 0.496 e. The van der Waals surface area contributed by atoms with Crippen LogP contribution in [0.5, 0.6) is 11.5 Å². The fraction of sp³-hybridized carbons (Fsp3) is 0.238. The second-order valence-corrected chi connectivity index (χ2v) is 5.71. The van der Waals surface area contributed by atoms with Crippen molar-refractivity contribution in [2.24, 2.45) is 0 Å². The number of para-hydroxylation sites is 1. The van der Waals surface area contributed by atoms with Crippen LogP contribution in [-0.2, 0) is 13.0 Å². The van der Waals surface area contributed by atoms with Crippen LogP contribution in [0.3, 0.4) is 0 Å². The number of benzene rings is 3. The second kappa shape index (κ2) is 9.30. The molecule has 0 aliphatic carbocycles. The fourth-order valence-corrected chi connectivity index (χ4v) is 3.04. The predicted octanol–water partition coefficient (Wildman–Crippen LogP) is 4.61. The van der Waals surface area contributed by atoms with Gasteiger partial charge in [-0.1, -0.05) is 48.5 Å². The number of halogens is 1. The molecule has 25 heavy (non-hydrogen) atoms. The molecule has 0 spiro atoms. The van der Waals surface area contributed by atoms with E-state index in [0.29, 0.717) is 0 Å². The molecule has 0 fully saturated rings. The maximum atomic E-state index is 5.55. The van der Waals surface area contributed by atoms with Gasteiger partial charge in [-0.2, -0.15) is 0 Å². The Balaban J connectivity index is 0.00000225. The molecule has 3 aromatic rings. The second-order valence-electron chi connectivity index (χ2n) is 5.71. The summed E-state index contributed by atoms with van der Waals surface area (Å²) in [5, 5.41) is 6.01. The molecule has 3 aromatic carbocycles. The lowest BCUT2D eigenvalue weighted by atomic mass is 10.0. The van der Waals surface area contributed by atoms with Gasteiger partial charge in [-0.05, 0) is 41.4 Å². The molecular weight excluding hydrogens is 334 g/mol. The van der Waals surface area contributed by atoms with E-state index in [0.717, 1.165) is 31.0 Å². The van der Waals surface area contributed by atoms with Crippen molar-refractivity contribution in [1.82, 2.24) is 5.32 Å². The maximum Gasteiger partial charge on any atom is 0.123 e. The van der Waals surface area contributed by atoms with Crippen LogP contribution in [0.4, 0.5) is 0 Å². The van der Waals surface area contributed by atoms with Crippen LogP contribution in [-0.4, -0.2) is 20.8 Å². The van der Waals surface area contributed by atoms with Gasteiger partial charge in [0.05, 0.1) is 14.2 Å². The Kier molecular flexibility index (Phi) is 7.11. The summed E-state index contributed by atoms with van der Waals surface area (Å²) in [6.45, 7) is 1.66. The van der Waals surface area contributed by atoms with Gasteiger partial charge in [0.25, 0.3) is 0 Å². The summed E-state index contributed by atoms with van der Waals surface area (Å²) in [5.74, 6) is 1.88. The quantitative estimate of drug-likeness (QED) is 0.626. The Hall–Kier alpha value is -2.23. The molecule has 0 bridgehead atoms. The highest BCUT2D eigenvalue weighted by atomic mass is 35.5. The van der Waals surface area contributed by atoms with Crippen LogP contribution in [0.1, 0.15) is 11.1 Å². The number of methoxy groups -OCH3 is 2. The van der Waals surface area contributed by atoms with Gasteiger partial charge in [0.2, 0.25) is 0 Å². The highest BCUT2D eigenvalue weighted by Crippen LogP contribution is 2.27. The normalized spacial score (nSPS) is 10.3. The Morgan fingerprint density at radius 1 is 0.800 bits per heavy atom. The lowest BCUT2D eigenvalue weighted by molar-refractivity contribution is 0.406. The van der Waals surface area contributed by atoms with Crippen LogP contribution in [0.15, 0.2) is 60.7 Å². The first kappa shape index (κ1) is 19.1. The van der Waals surface area contributed by atoms with Crippen molar-refractivity contribution < 1.29 is 9.47 Å². The summed E-state index contributed by atoms with van der Waals surface area (Å²) in [4.78, 5) is 0. The molecule has 3 rings (SSSR count). The van der Waals surface area contributed by atoms with Crippen LogP contribution in [0, 0.1) is 0 Å². The highest BCUT2D eigenvalue weighted by Gasteiger charge is 2.08. The summed E-state index contributed by atoms with van der Waals surface area (Å²) in [6, 6.07) is 20.7. The van der Waals surface area contributed by atoms with Crippen LogP contribution < -0.4 is 14.8 Å². The molecule has 132 valence electrons. The van der Waals surface area contributed by atoms with E-state index in [1.165, 1.54) is 21.9 Å². The SMILES string of the molecule is COc1ccccc1CCNCc1c(OC)ccc2ccccc12.Cl. The summed E-state index contributed by atoms with van der Waals surface area (Å²) >= 11 is 0. The third-order valence-electron chi connectivity index (χ3n) is 4.28. The van der Waals surface area contributed by atoms with E-state index < -0.39 is 0 Å². The van der Waals surface area contributed by atoms with Crippen molar-refractivity contribution in [1.29, 1.82) is 0 Å². The minimum Gasteiger partial charge on any atom is -0.496 e. The molecule has 1 N–H and O–H groups in total. The van der Waals surface area contributed by atoms with E-state index in [1.54, 1.807) is 14.2 Å². The summed E-state index contributed by atoms with van der Waals surface area (Å²) < 4.78 is 11.0. The molecule has 0 unspecified atom stereocenters. The van der Waals surface area contributed by atoms with E-state index in [2.05, 4.69) is 41.7 Å². The minimum atomic E-state index is 0. The van der Waals surface area contributed by atoms with Crippen LogP contribution >= 0.6 is 12.4 Å². The molecule has 3 nitrogen and oxygen atoms in total. The van der Waals surface area contributed by atoms with Gasteiger partial charge in [0.15, 0.2) is 0 Å². The summed E-state index contributed by atoms with van der Waals surface area (Å²) in [5.41, 5.74) is 2.42. The van der Waals surface area contributed by atoms with Crippen LogP contribution in [0.25, 0.3) is 10.8 Å². The molecule has 0 saturated heterocycles. The van der Waals surface area contributed by atoms with Crippen molar-refractivity contribution in [2.75, 3.05) is 20.8 Å². The smallest absolute Gasteiger partial charge is 0.123 e. The minimum absolute atomic E-state index is 0. The first-order valence-corrected chi connectivity index (χ1v) is 8.20. The number of nitrogens with one attached hydrogen (secondary N) is 1. The zero-order valence-corrected chi connectivity index (χ0v) is 15.4. The fourth-order valence-electron chi connectivity index (χ4n) is 3.04. The summed E-state index contributed by atoms with van der Waals surface area (Å²) in [7, 11) is 3.44. The molecule has 0 aromatic heterocycles. The molecule has 0 aliphatic heterocycles. The van der Waals surface area contributed by atoms with Gasteiger partial charge in [0.1, 0.15) is 11.5 Å². The topological polar surface area (TPSA) is 30.5 Å². The molecular formula is C21H24ClNO2. The van der Waals surface area contributed by atoms with Crippen LogP contribution in [0.2, 0.25) is 0 Å². The predicted molar refractivity (Wildman–Crippen MR) is 106 cm³/mol. The number of hydrogen-bond acceptors (Lipinski definition) is 3. The van der Waals surface area contributed by atoms with E-state index in [4.69, 9.17) is 9.47 Å². The van der Waals surface area contributed by atoms with Gasteiger partial charge in [-0.25, -0.2) is 0 Å². The molecule has 0 heterocycles. The number of rotatable bonds is 7. The van der Waals surface area contributed by atoms with Gasteiger partial charge >= 0.3 is 0 Å². The van der Waals surface area contributed by atoms with Gasteiger partial charge in [-0.3, -0.25) is 0 Å². The van der Waals surface area contributed by atoms with Crippen molar-refractivity contribution in [2.45, 2.75) is 13.0 Å². The highest BCUT2D eigenvalue weighted by molar-refractivity contribution is 5.87. The van der Waals surface area contributed by atoms with Crippen molar-refractivity contribution in [3.63, 3.8) is 0 Å². The average molecular weight is 358 g/mol. The van der Waals surface area contributed by atoms with E-state index in [9.17, 15) is 0 Å². The third-order valence-corrected chi connectivity index (χ3v) is 4.28. The van der Waals surface area contributed by atoms with Crippen molar-refractivity contribution in [3.8, 4) is 11.5 Å². The molecule has 0 atom stereocenters. The van der Waals surface area contributed by atoms with Crippen molar-refractivity contribution in [3.05, 3.63) is 71.8 Å². The Morgan fingerprint density at radius 2 is 1.52 bits per heavy atom. The number of fused-ring (bicyclic) bond motifs is 1. The Bertz CT molecular complexity index is 820. The third kappa shape index (κ3) is 4.44. The zero-order chi connectivity index (χ0) is 16.8. The van der Waals surface area contributed by atoms with E-state index >= 15 is 0 Å². The Morgan fingerprint density at radius 3 is 2.32 bits per heavy atom. The average Bonchev–Trinajstić information content (AvgIpc) is 2.65. The van der Waals surface area contributed by atoms with Gasteiger partial charge in [-0.15, -0.1) is 12.4 Å². The monoisotopic (exact) mass is 357 g/mol. The number of ether oxygens (including phenoxy) is 2. The van der Waals surface area contributed by atoms with E-state index in [-0.39, 0.29) is 12.4 Å². The molecule has 0 radical (unpaired) electrons. The maximum absolute atomic E-state index is 5.55. The Labute approximate surface area is 155 Å². The zero-order valence-electron chi connectivity index (χ0n) is 14.6. The lowest BCUT2D eigenvalue weighted by Gasteiger charge is -2.13. The molecule has 0 saturated carbocycles. The lowest BCUT2D eigenvalue weighted by Crippen LogP contribution is -2.17. The molecule has 0 amide bonds. The molecule has 4 heteroatoms. The standard InChI is InChI=1S/C21H23NO2.ClH/c1-23-20-10-6-4-8-17(20)13-14-22-15-19-18-9-5-3-7-16(18)11-12-21(19)24-2;/h3-12,22H,13-15H2,1-2H3;1H.